The second kappa shape index (κ2) is 10.6. The van der Waals surface area contributed by atoms with Crippen LogP contribution >= 0.6 is 36.6 Å². The van der Waals surface area contributed by atoms with Gasteiger partial charge in [0.2, 0.25) is 5.91 Å². The van der Waals surface area contributed by atoms with Gasteiger partial charge in [0.15, 0.2) is 11.5 Å². The molecule has 3 aliphatic heterocycles. The molecule has 0 spiro atoms. The van der Waals surface area contributed by atoms with Crippen molar-refractivity contribution in [1.82, 2.24) is 20.1 Å². The predicted molar refractivity (Wildman–Crippen MR) is 128 cm³/mol. The van der Waals surface area contributed by atoms with Crippen molar-refractivity contribution in [2.24, 2.45) is 0 Å². The third-order valence-corrected chi connectivity index (χ3v) is 7.48. The van der Waals surface area contributed by atoms with Gasteiger partial charge in [-0.2, -0.15) is 0 Å². The zero-order chi connectivity index (χ0) is 20.7. The first-order valence-electron chi connectivity index (χ1n) is 10.6. The second-order valence-corrected chi connectivity index (χ2v) is 9.41. The number of oxazole rings is 1. The summed E-state index contributed by atoms with van der Waals surface area (Å²) in [5.74, 6) is 2.12. The first-order valence-corrected chi connectivity index (χ1v) is 11.7. The molecule has 11 heteroatoms. The zero-order valence-corrected chi connectivity index (χ0v) is 20.0. The number of thioether (sulfide) groups is 1. The first-order chi connectivity index (χ1) is 14.6. The Morgan fingerprint density at radius 2 is 1.97 bits per heavy atom. The lowest BCUT2D eigenvalue weighted by atomic mass is 9.95. The van der Waals surface area contributed by atoms with E-state index >= 15 is 0 Å². The SMILES string of the molecule is Cl.Cl.O=C(O)c1ccc2oc(C3CCN([C@@H]4CN[C@H](C(=O)N5CCSC5)C4)CC3)nc2c1. The van der Waals surface area contributed by atoms with Crippen molar-refractivity contribution >= 4 is 59.6 Å². The van der Waals surface area contributed by atoms with Crippen LogP contribution in [0.25, 0.3) is 11.1 Å². The standard InChI is InChI=1S/C21H26N4O4S.2ClH/c26-20(25-7-8-30-12-25)17-10-15(11-22-17)24-5-3-13(4-6-24)19-23-16-9-14(21(27)28)1-2-18(16)29-19;;/h1-2,9,13,15,17,22H,3-8,10-12H2,(H,27,28);2*1H/t15-,17-;;/m0../s1. The molecule has 2 aromatic rings. The van der Waals surface area contributed by atoms with Crippen LogP contribution in [-0.2, 0) is 4.79 Å². The number of hydrogen-bond donors (Lipinski definition) is 2. The fourth-order valence-electron chi connectivity index (χ4n) is 4.76. The number of amides is 1. The quantitative estimate of drug-likeness (QED) is 0.658. The number of hydrogen-bond acceptors (Lipinski definition) is 7. The predicted octanol–water partition coefficient (Wildman–Crippen LogP) is 2.81. The van der Waals surface area contributed by atoms with Gasteiger partial charge in [0.25, 0.3) is 0 Å². The molecule has 0 unspecified atom stereocenters. The van der Waals surface area contributed by atoms with Gasteiger partial charge in [0.1, 0.15) is 5.52 Å². The lowest BCUT2D eigenvalue weighted by Gasteiger charge is -2.34. The molecule has 1 aromatic carbocycles. The summed E-state index contributed by atoms with van der Waals surface area (Å²) in [5.41, 5.74) is 1.47. The Labute approximate surface area is 203 Å². The minimum atomic E-state index is -0.958. The van der Waals surface area contributed by atoms with E-state index in [-0.39, 0.29) is 48.2 Å². The van der Waals surface area contributed by atoms with Crippen LogP contribution < -0.4 is 5.32 Å². The molecule has 8 nitrogen and oxygen atoms in total. The Hall–Kier alpha value is -1.52. The van der Waals surface area contributed by atoms with Gasteiger partial charge < -0.3 is 19.7 Å². The highest BCUT2D eigenvalue weighted by Gasteiger charge is 2.37. The van der Waals surface area contributed by atoms with Gasteiger partial charge in [-0.05, 0) is 50.6 Å². The molecular formula is C21H28Cl2N4O4S. The second-order valence-electron chi connectivity index (χ2n) is 8.34. The highest BCUT2D eigenvalue weighted by Crippen LogP contribution is 2.32. The molecule has 0 radical (unpaired) electrons. The summed E-state index contributed by atoms with van der Waals surface area (Å²) >= 11 is 1.82. The molecule has 4 heterocycles. The maximum Gasteiger partial charge on any atom is 0.335 e. The Morgan fingerprint density at radius 1 is 1.19 bits per heavy atom. The number of rotatable bonds is 4. The fraction of sp³-hybridized carbons (Fsp3) is 0.571. The van der Waals surface area contributed by atoms with E-state index in [4.69, 9.17) is 9.52 Å². The van der Waals surface area contributed by atoms with Crippen molar-refractivity contribution < 1.29 is 19.1 Å². The van der Waals surface area contributed by atoms with E-state index in [1.807, 2.05) is 16.7 Å². The smallest absolute Gasteiger partial charge is 0.335 e. The van der Waals surface area contributed by atoms with Crippen molar-refractivity contribution in [3.63, 3.8) is 0 Å². The fourth-order valence-corrected chi connectivity index (χ4v) is 5.71. The van der Waals surface area contributed by atoms with Gasteiger partial charge in [-0.25, -0.2) is 9.78 Å². The van der Waals surface area contributed by atoms with Crippen LogP contribution in [0.4, 0.5) is 0 Å². The number of halogens is 2. The third kappa shape index (κ3) is 5.02. The molecule has 1 amide bonds. The largest absolute Gasteiger partial charge is 0.478 e. The summed E-state index contributed by atoms with van der Waals surface area (Å²) < 4.78 is 5.92. The van der Waals surface area contributed by atoms with Gasteiger partial charge in [-0.1, -0.05) is 0 Å². The van der Waals surface area contributed by atoms with Crippen LogP contribution in [0.5, 0.6) is 0 Å². The Bertz CT molecular complexity index is 960. The van der Waals surface area contributed by atoms with Gasteiger partial charge in [-0.15, -0.1) is 36.6 Å². The number of carbonyl (C=O) groups is 2. The summed E-state index contributed by atoms with van der Waals surface area (Å²) in [7, 11) is 0. The van der Waals surface area contributed by atoms with E-state index in [9.17, 15) is 9.59 Å². The molecule has 5 rings (SSSR count). The van der Waals surface area contributed by atoms with E-state index in [0.29, 0.717) is 23.0 Å². The van der Waals surface area contributed by atoms with Crippen LogP contribution in [0.2, 0.25) is 0 Å². The Morgan fingerprint density at radius 3 is 2.66 bits per heavy atom. The van der Waals surface area contributed by atoms with E-state index in [1.165, 1.54) is 0 Å². The van der Waals surface area contributed by atoms with Crippen LogP contribution in [0.1, 0.15) is 41.4 Å². The maximum absolute atomic E-state index is 12.6. The zero-order valence-electron chi connectivity index (χ0n) is 17.6. The topological polar surface area (TPSA) is 98.9 Å². The molecule has 3 saturated heterocycles. The maximum atomic E-state index is 12.6. The van der Waals surface area contributed by atoms with Crippen LogP contribution in [0.3, 0.4) is 0 Å². The van der Waals surface area contributed by atoms with Gasteiger partial charge in [0.05, 0.1) is 17.5 Å². The third-order valence-electron chi connectivity index (χ3n) is 6.52. The minimum absolute atomic E-state index is 0. The number of aromatic nitrogens is 1. The number of benzene rings is 1. The summed E-state index contributed by atoms with van der Waals surface area (Å²) in [6.45, 7) is 3.65. The number of likely N-dealkylation sites (tertiary alicyclic amines) is 1. The molecule has 0 bridgehead atoms. The number of carboxylic acid groups (broad SMARTS) is 1. The summed E-state index contributed by atoms with van der Waals surface area (Å²) in [6.07, 6.45) is 2.79. The van der Waals surface area contributed by atoms with Crippen molar-refractivity contribution in [2.45, 2.75) is 37.3 Å². The van der Waals surface area contributed by atoms with E-state index in [2.05, 4.69) is 15.2 Å². The highest BCUT2D eigenvalue weighted by molar-refractivity contribution is 7.99. The molecular weight excluding hydrogens is 475 g/mol. The molecule has 3 fully saturated rings. The van der Waals surface area contributed by atoms with E-state index < -0.39 is 5.97 Å². The molecule has 1 aromatic heterocycles. The average molecular weight is 503 g/mol. The molecule has 0 saturated carbocycles. The molecule has 2 atom stereocenters. The van der Waals surface area contributed by atoms with Gasteiger partial charge in [0, 0.05) is 30.8 Å². The minimum Gasteiger partial charge on any atom is -0.478 e. The van der Waals surface area contributed by atoms with Crippen molar-refractivity contribution in [3.8, 4) is 0 Å². The van der Waals surface area contributed by atoms with Crippen LogP contribution in [-0.4, -0.2) is 81.7 Å². The first kappa shape index (κ1) is 25.1. The Kier molecular flexibility index (Phi) is 8.32. The number of piperidine rings is 1. The number of nitrogens with one attached hydrogen (secondary N) is 1. The number of carboxylic acids is 1. The van der Waals surface area contributed by atoms with E-state index in [1.54, 1.807) is 18.2 Å². The van der Waals surface area contributed by atoms with Crippen molar-refractivity contribution in [2.75, 3.05) is 37.8 Å². The molecule has 176 valence electrons. The summed E-state index contributed by atoms with van der Waals surface area (Å²) in [4.78, 5) is 32.8. The average Bonchev–Trinajstić information content (AvgIpc) is 3.53. The van der Waals surface area contributed by atoms with Gasteiger partial charge in [-0.3, -0.25) is 9.69 Å². The van der Waals surface area contributed by atoms with Gasteiger partial charge >= 0.3 is 5.97 Å². The van der Waals surface area contributed by atoms with Crippen molar-refractivity contribution in [3.05, 3.63) is 29.7 Å². The molecule has 0 aliphatic carbocycles. The molecule has 32 heavy (non-hydrogen) atoms. The van der Waals surface area contributed by atoms with Crippen molar-refractivity contribution in [1.29, 1.82) is 0 Å². The number of nitrogens with zero attached hydrogens (tertiary/aromatic N) is 3. The Balaban J connectivity index is 0.00000144. The number of carbonyl (C=O) groups excluding carboxylic acids is 1. The molecule has 3 aliphatic rings. The van der Waals surface area contributed by atoms with Crippen LogP contribution in [0, 0.1) is 0 Å². The summed E-state index contributed by atoms with van der Waals surface area (Å²) in [6, 6.07) is 5.15. The normalized spacial score (nSPS) is 24.3. The number of aromatic carboxylic acids is 1. The monoisotopic (exact) mass is 502 g/mol. The highest BCUT2D eigenvalue weighted by atomic mass is 35.5. The number of fused-ring (bicyclic) bond motifs is 1. The molecule has 2 N–H and O–H groups in total. The lowest BCUT2D eigenvalue weighted by molar-refractivity contribution is -0.131. The van der Waals surface area contributed by atoms with E-state index in [0.717, 1.165) is 57.1 Å². The summed E-state index contributed by atoms with van der Waals surface area (Å²) in [5, 5.41) is 12.6. The lowest BCUT2D eigenvalue weighted by Crippen LogP contribution is -2.42. The van der Waals surface area contributed by atoms with Crippen LogP contribution in [0.15, 0.2) is 22.6 Å².